The van der Waals surface area contributed by atoms with Crippen LogP contribution in [-0.2, 0) is 24.2 Å². The van der Waals surface area contributed by atoms with E-state index in [2.05, 4.69) is 5.32 Å². The van der Waals surface area contributed by atoms with Gasteiger partial charge in [0.05, 0.1) is 16.7 Å². The first-order valence-electron chi connectivity index (χ1n) is 9.79. The average Bonchev–Trinajstić information content (AvgIpc) is 3.11. The molecule has 0 saturated heterocycles. The lowest BCUT2D eigenvalue weighted by atomic mass is 9.97. The van der Waals surface area contributed by atoms with Crippen LogP contribution >= 0.6 is 23.1 Å². The Balaban J connectivity index is 1.55. The molecule has 0 spiro atoms. The fraction of sp³-hybridized carbons (Fsp3) is 0.333. The van der Waals surface area contributed by atoms with Gasteiger partial charge in [-0.1, -0.05) is 17.8 Å². The number of amides is 1. The summed E-state index contributed by atoms with van der Waals surface area (Å²) < 4.78 is 1.63. The number of nitrogens with zero attached hydrogens (tertiary/aromatic N) is 2. The van der Waals surface area contributed by atoms with Gasteiger partial charge < -0.3 is 10.4 Å². The normalized spacial score (nSPS) is 13.2. The quantitative estimate of drug-likeness (QED) is 0.444. The number of carbonyl (C=O) groups is 2. The molecule has 2 N–H and O–H groups in total. The predicted molar refractivity (Wildman–Crippen MR) is 119 cm³/mol. The van der Waals surface area contributed by atoms with Crippen molar-refractivity contribution < 1.29 is 14.7 Å². The van der Waals surface area contributed by atoms with Crippen LogP contribution in [0.5, 0.6) is 0 Å². The van der Waals surface area contributed by atoms with Crippen molar-refractivity contribution in [3.63, 3.8) is 0 Å². The summed E-state index contributed by atoms with van der Waals surface area (Å²) in [5.41, 5.74) is 1.66. The number of benzene rings is 1. The van der Waals surface area contributed by atoms with Gasteiger partial charge >= 0.3 is 5.97 Å². The molecule has 0 saturated carbocycles. The van der Waals surface area contributed by atoms with Gasteiger partial charge in [0.2, 0.25) is 5.91 Å². The lowest BCUT2D eigenvalue weighted by Gasteiger charge is -2.12. The number of carbonyl (C=O) groups excluding carboxylic acids is 1. The molecule has 0 unspecified atom stereocenters. The van der Waals surface area contributed by atoms with Gasteiger partial charge in [0.1, 0.15) is 4.83 Å². The average molecular weight is 444 g/mol. The van der Waals surface area contributed by atoms with E-state index in [9.17, 15) is 14.4 Å². The van der Waals surface area contributed by atoms with Crippen LogP contribution in [0.2, 0.25) is 0 Å². The second kappa shape index (κ2) is 8.61. The molecule has 0 bridgehead atoms. The largest absolute Gasteiger partial charge is 0.478 e. The molecule has 0 aliphatic heterocycles. The molecule has 4 rings (SSSR count). The highest BCUT2D eigenvalue weighted by molar-refractivity contribution is 7.99. The number of nitrogens with one attached hydrogen (secondary N) is 1. The Kier molecular flexibility index (Phi) is 5.92. The van der Waals surface area contributed by atoms with Crippen molar-refractivity contribution in [1.82, 2.24) is 9.55 Å². The maximum Gasteiger partial charge on any atom is 0.335 e. The second-order valence-corrected chi connectivity index (χ2v) is 9.08. The topological polar surface area (TPSA) is 101 Å². The van der Waals surface area contributed by atoms with Gasteiger partial charge in [-0.05, 0) is 56.4 Å². The molecule has 1 amide bonds. The van der Waals surface area contributed by atoms with E-state index in [1.165, 1.54) is 28.8 Å². The Bertz CT molecular complexity index is 1200. The number of fused-ring (bicyclic) bond motifs is 3. The minimum atomic E-state index is -1.05. The summed E-state index contributed by atoms with van der Waals surface area (Å²) in [5.74, 6) is -1.27. The van der Waals surface area contributed by atoms with Crippen LogP contribution in [0.15, 0.2) is 34.2 Å². The van der Waals surface area contributed by atoms with Gasteiger partial charge in [0.15, 0.2) is 5.16 Å². The summed E-state index contributed by atoms with van der Waals surface area (Å²) in [5, 5.41) is 13.0. The Morgan fingerprint density at radius 1 is 1.30 bits per heavy atom. The molecule has 0 radical (unpaired) electrons. The Morgan fingerprint density at radius 2 is 2.10 bits per heavy atom. The van der Waals surface area contributed by atoms with Crippen molar-refractivity contribution >= 4 is 50.9 Å². The highest BCUT2D eigenvalue weighted by Crippen LogP contribution is 2.34. The fourth-order valence-corrected chi connectivity index (χ4v) is 5.83. The molecule has 3 aromatic rings. The number of carboxylic acids is 1. The first-order valence-corrected chi connectivity index (χ1v) is 11.6. The van der Waals surface area contributed by atoms with Gasteiger partial charge in [-0.2, -0.15) is 0 Å². The van der Waals surface area contributed by atoms with Crippen LogP contribution in [-0.4, -0.2) is 32.3 Å². The monoisotopic (exact) mass is 443 g/mol. The van der Waals surface area contributed by atoms with Crippen molar-refractivity contribution in [1.29, 1.82) is 0 Å². The van der Waals surface area contributed by atoms with Crippen LogP contribution in [0, 0.1) is 0 Å². The molecule has 1 aromatic carbocycles. The van der Waals surface area contributed by atoms with Crippen LogP contribution in [0.25, 0.3) is 10.2 Å². The summed E-state index contributed by atoms with van der Waals surface area (Å²) in [6.45, 7) is 2.38. The number of thiophene rings is 1. The second-order valence-electron chi connectivity index (χ2n) is 7.06. The first kappa shape index (κ1) is 20.6. The number of aromatic nitrogens is 2. The molecule has 7 nitrogen and oxygen atoms in total. The van der Waals surface area contributed by atoms with E-state index in [1.807, 2.05) is 6.92 Å². The highest BCUT2D eigenvalue weighted by atomic mass is 32.2. The molecule has 2 aromatic heterocycles. The van der Waals surface area contributed by atoms with E-state index in [4.69, 9.17) is 10.1 Å². The third kappa shape index (κ3) is 3.99. The third-order valence-corrected chi connectivity index (χ3v) is 7.24. The fourth-order valence-electron chi connectivity index (χ4n) is 3.67. The molecular weight excluding hydrogens is 422 g/mol. The first-order chi connectivity index (χ1) is 14.5. The van der Waals surface area contributed by atoms with Gasteiger partial charge in [0, 0.05) is 17.1 Å². The van der Waals surface area contributed by atoms with E-state index in [0.717, 1.165) is 41.5 Å². The van der Waals surface area contributed by atoms with Gasteiger partial charge in [-0.3, -0.25) is 14.2 Å². The summed E-state index contributed by atoms with van der Waals surface area (Å²) in [7, 11) is 0. The summed E-state index contributed by atoms with van der Waals surface area (Å²) >= 11 is 2.81. The highest BCUT2D eigenvalue weighted by Gasteiger charge is 2.22. The number of aryl methyl sites for hydroxylation is 2. The van der Waals surface area contributed by atoms with Crippen molar-refractivity contribution in [3.8, 4) is 0 Å². The maximum absolute atomic E-state index is 13.1. The minimum Gasteiger partial charge on any atom is -0.478 e. The SMILES string of the molecule is CCn1c(SCC(=O)Nc2cccc(C(=O)O)c2)nc2sc3c(c2c1=O)CCCC3. The number of rotatable bonds is 6. The number of anilines is 1. The summed E-state index contributed by atoms with van der Waals surface area (Å²) in [4.78, 5) is 43.3. The lowest BCUT2D eigenvalue weighted by molar-refractivity contribution is -0.113. The zero-order chi connectivity index (χ0) is 21.3. The van der Waals surface area contributed by atoms with Crippen molar-refractivity contribution in [2.75, 3.05) is 11.1 Å². The van der Waals surface area contributed by atoms with E-state index in [-0.39, 0.29) is 22.8 Å². The van der Waals surface area contributed by atoms with Crippen LogP contribution < -0.4 is 10.9 Å². The van der Waals surface area contributed by atoms with Gasteiger partial charge in [-0.15, -0.1) is 11.3 Å². The van der Waals surface area contributed by atoms with Crippen molar-refractivity contribution in [2.45, 2.75) is 44.3 Å². The molecule has 1 aliphatic rings. The van der Waals surface area contributed by atoms with Crippen LogP contribution in [0.4, 0.5) is 5.69 Å². The van der Waals surface area contributed by atoms with E-state index in [1.54, 1.807) is 28.0 Å². The number of carboxylic acid groups (broad SMARTS) is 1. The molecule has 0 atom stereocenters. The zero-order valence-corrected chi connectivity index (χ0v) is 18.1. The van der Waals surface area contributed by atoms with Crippen molar-refractivity contribution in [2.24, 2.45) is 0 Å². The predicted octanol–water partition coefficient (Wildman–Crippen LogP) is 3.79. The number of hydrogen-bond donors (Lipinski definition) is 2. The molecule has 9 heteroatoms. The zero-order valence-electron chi connectivity index (χ0n) is 16.4. The standard InChI is InChI=1S/C21H21N3O4S2/c1-2-24-19(26)17-14-8-3-4-9-15(14)30-18(17)23-21(24)29-11-16(25)22-13-7-5-6-12(10-13)20(27)28/h5-7,10H,2-4,8-9,11H2,1H3,(H,22,25)(H,27,28). The molecule has 0 fully saturated rings. The number of hydrogen-bond acceptors (Lipinski definition) is 6. The molecule has 1 aliphatic carbocycles. The smallest absolute Gasteiger partial charge is 0.335 e. The third-order valence-electron chi connectivity index (χ3n) is 5.08. The maximum atomic E-state index is 13.1. The lowest BCUT2D eigenvalue weighted by Crippen LogP contribution is -2.24. The Labute approximate surface area is 181 Å². The number of thioether (sulfide) groups is 1. The summed E-state index contributed by atoms with van der Waals surface area (Å²) in [6, 6.07) is 6.09. The molecular formula is C21H21N3O4S2. The van der Waals surface area contributed by atoms with E-state index >= 15 is 0 Å². The Morgan fingerprint density at radius 3 is 2.87 bits per heavy atom. The van der Waals surface area contributed by atoms with Gasteiger partial charge in [-0.25, -0.2) is 9.78 Å². The minimum absolute atomic E-state index is 0.0287. The van der Waals surface area contributed by atoms with Gasteiger partial charge in [0.25, 0.3) is 5.56 Å². The van der Waals surface area contributed by atoms with Crippen LogP contribution in [0.3, 0.4) is 0 Å². The molecule has 2 heterocycles. The van der Waals surface area contributed by atoms with E-state index in [0.29, 0.717) is 17.4 Å². The number of aromatic carboxylic acids is 1. The van der Waals surface area contributed by atoms with E-state index < -0.39 is 5.97 Å². The molecule has 156 valence electrons. The molecule has 30 heavy (non-hydrogen) atoms. The Hall–Kier alpha value is -2.65. The van der Waals surface area contributed by atoms with Crippen molar-refractivity contribution in [3.05, 3.63) is 50.6 Å². The van der Waals surface area contributed by atoms with Crippen LogP contribution in [0.1, 0.15) is 40.6 Å². The summed E-state index contributed by atoms with van der Waals surface area (Å²) in [6.07, 6.45) is 4.18.